The number of carbonyl (C=O) groups excluding carboxylic acids is 1. The summed E-state index contributed by atoms with van der Waals surface area (Å²) < 4.78 is 1.68. The van der Waals surface area contributed by atoms with Gasteiger partial charge < -0.3 is 16.0 Å². The predicted molar refractivity (Wildman–Crippen MR) is 90.6 cm³/mol. The van der Waals surface area contributed by atoms with Crippen LogP contribution in [-0.4, -0.2) is 16.4 Å². The lowest BCUT2D eigenvalue weighted by Crippen LogP contribution is -2.27. The maximum absolute atomic E-state index is 12.8. The Bertz CT molecular complexity index is 857. The first-order valence-electron chi connectivity index (χ1n) is 7.77. The van der Waals surface area contributed by atoms with Crippen molar-refractivity contribution in [2.75, 3.05) is 0 Å². The SMILES string of the molecule is Cc1ccc2c(=O)n(C3CCCC3)cc(C(=O)N=C(N)N)c2c1. The smallest absolute Gasteiger partial charge is 0.282 e. The van der Waals surface area contributed by atoms with E-state index in [0.29, 0.717) is 16.3 Å². The molecule has 3 rings (SSSR count). The van der Waals surface area contributed by atoms with Gasteiger partial charge in [0.1, 0.15) is 0 Å². The van der Waals surface area contributed by atoms with Crippen LogP contribution in [0.1, 0.15) is 47.6 Å². The van der Waals surface area contributed by atoms with Crippen LogP contribution in [0.5, 0.6) is 0 Å². The van der Waals surface area contributed by atoms with Gasteiger partial charge in [0, 0.05) is 23.0 Å². The Hall–Kier alpha value is -2.63. The molecular formula is C17H20N4O2. The van der Waals surface area contributed by atoms with Gasteiger partial charge in [-0.25, -0.2) is 0 Å². The molecule has 0 bridgehead atoms. The average Bonchev–Trinajstić information content (AvgIpc) is 3.00. The number of aliphatic imine (C=N–C) groups is 1. The summed E-state index contributed by atoms with van der Waals surface area (Å²) in [6.07, 6.45) is 5.72. The summed E-state index contributed by atoms with van der Waals surface area (Å²) in [7, 11) is 0. The van der Waals surface area contributed by atoms with Gasteiger partial charge in [-0.15, -0.1) is 0 Å². The molecule has 6 heteroatoms. The molecule has 1 aliphatic carbocycles. The Kier molecular flexibility index (Phi) is 3.90. The number of fused-ring (bicyclic) bond motifs is 1. The van der Waals surface area contributed by atoms with Gasteiger partial charge in [0.05, 0.1) is 5.56 Å². The van der Waals surface area contributed by atoms with Gasteiger partial charge in [0.2, 0.25) is 0 Å². The van der Waals surface area contributed by atoms with Crippen LogP contribution in [0.4, 0.5) is 0 Å². The minimum absolute atomic E-state index is 0.0619. The number of benzene rings is 1. The Morgan fingerprint density at radius 1 is 1.22 bits per heavy atom. The Labute approximate surface area is 133 Å². The van der Waals surface area contributed by atoms with Gasteiger partial charge in [-0.3, -0.25) is 9.59 Å². The molecule has 1 heterocycles. The first-order chi connectivity index (χ1) is 11.0. The third kappa shape index (κ3) is 2.84. The maximum atomic E-state index is 12.8. The lowest BCUT2D eigenvalue weighted by atomic mass is 10.0. The number of guanidine groups is 1. The Morgan fingerprint density at radius 2 is 1.91 bits per heavy atom. The zero-order chi connectivity index (χ0) is 16.6. The average molecular weight is 312 g/mol. The molecule has 120 valence electrons. The van der Waals surface area contributed by atoms with E-state index in [1.165, 1.54) is 0 Å². The van der Waals surface area contributed by atoms with Crippen molar-refractivity contribution in [3.8, 4) is 0 Å². The first kappa shape index (κ1) is 15.3. The third-order valence-electron chi connectivity index (χ3n) is 4.38. The minimum Gasteiger partial charge on any atom is -0.370 e. The summed E-state index contributed by atoms with van der Waals surface area (Å²) in [6.45, 7) is 1.91. The van der Waals surface area contributed by atoms with Crippen LogP contribution in [-0.2, 0) is 0 Å². The fourth-order valence-electron chi connectivity index (χ4n) is 3.28. The fourth-order valence-corrected chi connectivity index (χ4v) is 3.28. The summed E-state index contributed by atoms with van der Waals surface area (Å²) in [5.41, 5.74) is 11.9. The third-order valence-corrected chi connectivity index (χ3v) is 4.38. The van der Waals surface area contributed by atoms with Crippen LogP contribution in [0.25, 0.3) is 10.8 Å². The quantitative estimate of drug-likeness (QED) is 0.652. The molecule has 1 aromatic heterocycles. The number of nitrogens with zero attached hydrogens (tertiary/aromatic N) is 2. The second kappa shape index (κ2) is 5.87. The summed E-state index contributed by atoms with van der Waals surface area (Å²) in [5.74, 6) is -0.804. The highest BCUT2D eigenvalue weighted by molar-refractivity contribution is 6.10. The van der Waals surface area contributed by atoms with E-state index in [-0.39, 0.29) is 17.6 Å². The van der Waals surface area contributed by atoms with Crippen LogP contribution in [0, 0.1) is 6.92 Å². The van der Waals surface area contributed by atoms with Crippen molar-refractivity contribution in [3.63, 3.8) is 0 Å². The number of rotatable bonds is 2. The molecule has 0 unspecified atom stereocenters. The molecule has 1 fully saturated rings. The summed E-state index contributed by atoms with van der Waals surface area (Å²) in [5, 5.41) is 1.12. The van der Waals surface area contributed by atoms with Crippen molar-refractivity contribution in [3.05, 3.63) is 45.9 Å². The van der Waals surface area contributed by atoms with Crippen LogP contribution in [0.15, 0.2) is 34.2 Å². The first-order valence-corrected chi connectivity index (χ1v) is 7.77. The maximum Gasteiger partial charge on any atom is 0.282 e. The highest BCUT2D eigenvalue weighted by Crippen LogP contribution is 2.30. The normalized spacial score (nSPS) is 15.0. The fraction of sp³-hybridized carbons (Fsp3) is 0.353. The van der Waals surface area contributed by atoms with Crippen molar-refractivity contribution in [1.82, 2.24) is 4.57 Å². The number of amides is 1. The largest absolute Gasteiger partial charge is 0.370 e. The molecule has 1 amide bonds. The van der Waals surface area contributed by atoms with Gasteiger partial charge in [0.15, 0.2) is 5.96 Å². The van der Waals surface area contributed by atoms with Gasteiger partial charge in [0.25, 0.3) is 11.5 Å². The van der Waals surface area contributed by atoms with E-state index >= 15 is 0 Å². The van der Waals surface area contributed by atoms with E-state index in [2.05, 4.69) is 4.99 Å². The molecule has 1 aromatic carbocycles. The van der Waals surface area contributed by atoms with Crippen molar-refractivity contribution < 1.29 is 4.79 Å². The van der Waals surface area contributed by atoms with Crippen LogP contribution < -0.4 is 17.0 Å². The lowest BCUT2D eigenvalue weighted by molar-refractivity contribution is 0.100. The zero-order valence-electron chi connectivity index (χ0n) is 13.1. The van der Waals surface area contributed by atoms with Gasteiger partial charge >= 0.3 is 0 Å². The standard InChI is InChI=1S/C17H20N4O2/c1-10-6-7-12-13(8-10)14(15(22)20-17(18)19)9-21(16(12)23)11-4-2-3-5-11/h6-9,11H,2-5H2,1H3,(H4,18,19,20,22). The second-order valence-corrected chi connectivity index (χ2v) is 6.08. The van der Waals surface area contributed by atoms with E-state index in [4.69, 9.17) is 11.5 Å². The molecule has 0 aliphatic heterocycles. The monoisotopic (exact) mass is 312 g/mol. The number of aryl methyl sites for hydroxylation is 1. The molecule has 0 atom stereocenters. The Balaban J connectivity index is 2.29. The van der Waals surface area contributed by atoms with Crippen LogP contribution in [0.3, 0.4) is 0 Å². The van der Waals surface area contributed by atoms with Gasteiger partial charge in [-0.1, -0.05) is 30.5 Å². The molecular weight excluding hydrogens is 292 g/mol. The molecule has 0 spiro atoms. The topological polar surface area (TPSA) is 103 Å². The van der Waals surface area contributed by atoms with Gasteiger partial charge in [-0.05, 0) is 25.8 Å². The van der Waals surface area contributed by atoms with E-state index in [1.54, 1.807) is 16.8 Å². The molecule has 6 nitrogen and oxygen atoms in total. The lowest BCUT2D eigenvalue weighted by Gasteiger charge is -2.16. The molecule has 2 aromatic rings. The number of hydrogen-bond donors (Lipinski definition) is 2. The number of carbonyl (C=O) groups is 1. The summed E-state index contributed by atoms with van der Waals surface area (Å²) in [4.78, 5) is 28.8. The van der Waals surface area contributed by atoms with E-state index in [0.717, 1.165) is 31.2 Å². The number of hydrogen-bond acceptors (Lipinski definition) is 2. The van der Waals surface area contributed by atoms with Crippen molar-refractivity contribution in [2.24, 2.45) is 16.5 Å². The molecule has 0 saturated heterocycles. The Morgan fingerprint density at radius 3 is 2.57 bits per heavy atom. The second-order valence-electron chi connectivity index (χ2n) is 6.08. The summed E-state index contributed by atoms with van der Waals surface area (Å²) in [6, 6.07) is 5.60. The highest BCUT2D eigenvalue weighted by atomic mass is 16.1. The molecule has 1 aliphatic rings. The number of pyridine rings is 1. The molecule has 23 heavy (non-hydrogen) atoms. The number of aromatic nitrogens is 1. The van der Waals surface area contributed by atoms with Gasteiger partial charge in [-0.2, -0.15) is 4.99 Å². The van der Waals surface area contributed by atoms with E-state index in [1.807, 2.05) is 19.1 Å². The van der Waals surface area contributed by atoms with Crippen LogP contribution >= 0.6 is 0 Å². The predicted octanol–water partition coefficient (Wildman–Crippen LogP) is 1.84. The molecule has 1 saturated carbocycles. The van der Waals surface area contributed by atoms with E-state index < -0.39 is 5.91 Å². The van der Waals surface area contributed by atoms with E-state index in [9.17, 15) is 9.59 Å². The van der Waals surface area contributed by atoms with Crippen LogP contribution in [0.2, 0.25) is 0 Å². The van der Waals surface area contributed by atoms with Crippen molar-refractivity contribution >= 4 is 22.6 Å². The zero-order valence-corrected chi connectivity index (χ0v) is 13.1. The van der Waals surface area contributed by atoms with Crippen molar-refractivity contribution in [2.45, 2.75) is 38.6 Å². The minimum atomic E-state index is -0.521. The molecule has 0 radical (unpaired) electrons. The highest BCUT2D eigenvalue weighted by Gasteiger charge is 2.22. The van der Waals surface area contributed by atoms with Crippen molar-refractivity contribution in [1.29, 1.82) is 0 Å². The summed E-state index contributed by atoms with van der Waals surface area (Å²) >= 11 is 0. The molecule has 4 N–H and O–H groups in total. The number of nitrogens with two attached hydrogens (primary N) is 2.